The van der Waals surface area contributed by atoms with Crippen molar-refractivity contribution < 1.29 is 18.7 Å². The molecule has 35 heavy (non-hydrogen) atoms. The van der Waals surface area contributed by atoms with Gasteiger partial charge in [-0.1, -0.05) is 48.2 Å². The standard InChI is InChI=1S/C27H26FN3O3S/c1-2-34-23-10-6-9-22(17-23)29-25(32)18-24-26(33)31(16-15-19-11-13-20(28)14-12-19)27(35-24)30-21-7-4-3-5-8-21/h3-14,17,24H,2,15-16,18H2,1H3,(H,29,32)/t24-/m1/s1. The maximum Gasteiger partial charge on any atom is 0.242 e. The van der Waals surface area contributed by atoms with E-state index in [1.807, 2.05) is 43.3 Å². The minimum Gasteiger partial charge on any atom is -0.494 e. The topological polar surface area (TPSA) is 71.0 Å². The molecular weight excluding hydrogens is 465 g/mol. The molecule has 1 saturated heterocycles. The molecule has 1 heterocycles. The number of nitrogens with zero attached hydrogens (tertiary/aromatic N) is 2. The summed E-state index contributed by atoms with van der Waals surface area (Å²) < 4.78 is 18.7. The second-order valence-corrected chi connectivity index (χ2v) is 9.09. The Balaban J connectivity index is 1.47. The maximum atomic E-state index is 13.3. The SMILES string of the molecule is CCOc1cccc(NC(=O)C[C@H]2SC(=Nc3ccccc3)N(CCc3ccc(F)cc3)C2=O)c1. The van der Waals surface area contributed by atoms with Crippen LogP contribution in [0.4, 0.5) is 15.8 Å². The summed E-state index contributed by atoms with van der Waals surface area (Å²) in [5.41, 5.74) is 2.26. The van der Waals surface area contributed by atoms with E-state index in [0.717, 1.165) is 11.3 Å². The second kappa shape index (κ2) is 11.7. The Morgan fingerprint density at radius 3 is 2.60 bits per heavy atom. The molecule has 0 aromatic heterocycles. The summed E-state index contributed by atoms with van der Waals surface area (Å²) in [6.07, 6.45) is 0.562. The quantitative estimate of drug-likeness (QED) is 0.434. The molecule has 3 aromatic rings. The van der Waals surface area contributed by atoms with Gasteiger partial charge in [0.1, 0.15) is 16.8 Å². The fourth-order valence-corrected chi connectivity index (χ4v) is 4.83. The number of hydrogen-bond donors (Lipinski definition) is 1. The Morgan fingerprint density at radius 1 is 1.09 bits per heavy atom. The van der Waals surface area contributed by atoms with E-state index in [9.17, 15) is 14.0 Å². The van der Waals surface area contributed by atoms with E-state index in [-0.39, 0.29) is 24.1 Å². The number of ether oxygens (including phenoxy) is 1. The molecule has 0 bridgehead atoms. The van der Waals surface area contributed by atoms with Crippen molar-refractivity contribution in [3.05, 3.63) is 90.2 Å². The molecule has 0 aliphatic carbocycles. The van der Waals surface area contributed by atoms with E-state index in [0.29, 0.717) is 36.2 Å². The van der Waals surface area contributed by atoms with Crippen LogP contribution in [-0.4, -0.2) is 40.3 Å². The molecule has 1 aliphatic rings. The smallest absolute Gasteiger partial charge is 0.242 e. The van der Waals surface area contributed by atoms with Crippen molar-refractivity contribution in [2.24, 2.45) is 4.99 Å². The number of anilines is 1. The average molecular weight is 492 g/mol. The number of amides is 2. The lowest BCUT2D eigenvalue weighted by atomic mass is 10.1. The first-order chi connectivity index (χ1) is 17.0. The highest BCUT2D eigenvalue weighted by molar-refractivity contribution is 8.15. The van der Waals surface area contributed by atoms with Crippen LogP contribution in [0.1, 0.15) is 18.9 Å². The number of thioether (sulfide) groups is 1. The summed E-state index contributed by atoms with van der Waals surface area (Å²) in [6, 6.07) is 22.8. The van der Waals surface area contributed by atoms with Crippen molar-refractivity contribution in [2.75, 3.05) is 18.5 Å². The Morgan fingerprint density at radius 2 is 1.86 bits per heavy atom. The Hall–Kier alpha value is -3.65. The normalized spacial score (nSPS) is 16.5. The van der Waals surface area contributed by atoms with Gasteiger partial charge in [-0.2, -0.15) is 0 Å². The lowest BCUT2D eigenvalue weighted by molar-refractivity contribution is -0.128. The molecule has 0 saturated carbocycles. The number of hydrogen-bond acceptors (Lipinski definition) is 5. The zero-order valence-electron chi connectivity index (χ0n) is 19.3. The van der Waals surface area contributed by atoms with Crippen LogP contribution in [0.2, 0.25) is 0 Å². The molecule has 0 unspecified atom stereocenters. The Labute approximate surface area is 208 Å². The third kappa shape index (κ3) is 6.70. The van der Waals surface area contributed by atoms with Crippen molar-refractivity contribution in [2.45, 2.75) is 25.0 Å². The summed E-state index contributed by atoms with van der Waals surface area (Å²) in [5, 5.41) is 2.82. The van der Waals surface area contributed by atoms with Crippen molar-refractivity contribution >= 4 is 40.1 Å². The molecule has 0 radical (unpaired) electrons. The van der Waals surface area contributed by atoms with Gasteiger partial charge in [0.2, 0.25) is 11.8 Å². The first kappa shape index (κ1) is 24.5. The number of carbonyl (C=O) groups excluding carboxylic acids is 2. The highest BCUT2D eigenvalue weighted by Gasteiger charge is 2.39. The van der Waals surface area contributed by atoms with Gasteiger partial charge in [-0.25, -0.2) is 9.38 Å². The average Bonchev–Trinajstić information content (AvgIpc) is 3.13. The van der Waals surface area contributed by atoms with Gasteiger partial charge in [-0.05, 0) is 55.3 Å². The van der Waals surface area contributed by atoms with E-state index >= 15 is 0 Å². The predicted molar refractivity (Wildman–Crippen MR) is 138 cm³/mol. The van der Waals surface area contributed by atoms with Crippen molar-refractivity contribution in [1.29, 1.82) is 0 Å². The van der Waals surface area contributed by atoms with Gasteiger partial charge < -0.3 is 10.1 Å². The lowest BCUT2D eigenvalue weighted by Crippen LogP contribution is -2.35. The zero-order valence-corrected chi connectivity index (χ0v) is 20.1. The van der Waals surface area contributed by atoms with Gasteiger partial charge in [0.25, 0.3) is 0 Å². The molecule has 180 valence electrons. The number of nitrogens with one attached hydrogen (secondary N) is 1. The van der Waals surface area contributed by atoms with Crippen molar-refractivity contribution in [1.82, 2.24) is 4.90 Å². The van der Waals surface area contributed by atoms with E-state index < -0.39 is 5.25 Å². The number of aliphatic imine (C=N–C) groups is 1. The van der Waals surface area contributed by atoms with Crippen LogP contribution in [0.5, 0.6) is 5.75 Å². The highest BCUT2D eigenvalue weighted by Crippen LogP contribution is 2.32. The number of halogens is 1. The van der Waals surface area contributed by atoms with Crippen LogP contribution < -0.4 is 10.1 Å². The second-order valence-electron chi connectivity index (χ2n) is 7.92. The molecule has 8 heteroatoms. The summed E-state index contributed by atoms with van der Waals surface area (Å²) in [5.74, 6) is -0.0550. The minimum absolute atomic E-state index is 0.0171. The van der Waals surface area contributed by atoms with E-state index in [1.54, 1.807) is 35.2 Å². The predicted octanol–water partition coefficient (Wildman–Crippen LogP) is 5.43. The van der Waals surface area contributed by atoms with Crippen LogP contribution >= 0.6 is 11.8 Å². The first-order valence-corrected chi connectivity index (χ1v) is 12.3. The van der Waals surface area contributed by atoms with Crippen LogP contribution in [0.15, 0.2) is 83.9 Å². The van der Waals surface area contributed by atoms with Gasteiger partial charge in [-0.3, -0.25) is 14.5 Å². The third-order valence-corrected chi connectivity index (χ3v) is 6.51. The van der Waals surface area contributed by atoms with Crippen LogP contribution in [0.25, 0.3) is 0 Å². The van der Waals surface area contributed by atoms with E-state index in [2.05, 4.69) is 10.3 Å². The molecular formula is C27H26FN3O3S. The van der Waals surface area contributed by atoms with Crippen molar-refractivity contribution in [3.63, 3.8) is 0 Å². The number of amidine groups is 1. The monoisotopic (exact) mass is 491 g/mol. The first-order valence-electron chi connectivity index (χ1n) is 11.4. The van der Waals surface area contributed by atoms with E-state index in [1.165, 1.54) is 23.9 Å². The molecule has 2 amide bonds. The molecule has 1 fully saturated rings. The summed E-state index contributed by atoms with van der Waals surface area (Å²) in [4.78, 5) is 32.3. The molecule has 3 aromatic carbocycles. The summed E-state index contributed by atoms with van der Waals surface area (Å²) in [7, 11) is 0. The minimum atomic E-state index is -0.583. The van der Waals surface area contributed by atoms with Gasteiger partial charge in [0.15, 0.2) is 5.17 Å². The molecule has 4 rings (SSSR count). The van der Waals surface area contributed by atoms with Gasteiger partial charge in [0.05, 0.1) is 12.3 Å². The summed E-state index contributed by atoms with van der Waals surface area (Å²) >= 11 is 1.29. The van der Waals surface area contributed by atoms with Crippen molar-refractivity contribution in [3.8, 4) is 5.75 Å². The third-order valence-electron chi connectivity index (χ3n) is 5.34. The lowest BCUT2D eigenvalue weighted by Gasteiger charge is -2.16. The number of para-hydroxylation sites is 1. The molecule has 6 nitrogen and oxygen atoms in total. The fourth-order valence-electron chi connectivity index (χ4n) is 3.65. The Kier molecular flexibility index (Phi) is 8.15. The fraction of sp³-hybridized carbons (Fsp3) is 0.222. The van der Waals surface area contributed by atoms with Gasteiger partial charge in [-0.15, -0.1) is 0 Å². The highest BCUT2D eigenvalue weighted by atomic mass is 32.2. The number of benzene rings is 3. The molecule has 1 aliphatic heterocycles. The molecule has 1 atom stereocenters. The van der Waals surface area contributed by atoms with Gasteiger partial charge in [0, 0.05) is 24.7 Å². The largest absolute Gasteiger partial charge is 0.494 e. The van der Waals surface area contributed by atoms with E-state index in [4.69, 9.17) is 4.74 Å². The zero-order chi connectivity index (χ0) is 24.6. The van der Waals surface area contributed by atoms with Gasteiger partial charge >= 0.3 is 0 Å². The van der Waals surface area contributed by atoms with Crippen LogP contribution in [-0.2, 0) is 16.0 Å². The molecule has 0 spiro atoms. The van der Waals surface area contributed by atoms with Crippen LogP contribution in [0.3, 0.4) is 0 Å². The molecule has 1 N–H and O–H groups in total. The van der Waals surface area contributed by atoms with Crippen LogP contribution in [0, 0.1) is 5.82 Å². The maximum absolute atomic E-state index is 13.3. The number of carbonyl (C=O) groups is 2. The number of rotatable bonds is 9. The summed E-state index contributed by atoms with van der Waals surface area (Å²) in [6.45, 7) is 2.81. The Bertz CT molecular complexity index is 1200.